The first-order valence-electron chi connectivity index (χ1n) is 12.5. The zero-order valence-corrected chi connectivity index (χ0v) is 21.9. The Kier molecular flexibility index (Phi) is 7.07. The number of fused-ring (bicyclic) bond motifs is 1. The van der Waals surface area contributed by atoms with E-state index in [-0.39, 0.29) is 25.3 Å². The van der Waals surface area contributed by atoms with Crippen LogP contribution in [0.4, 0.5) is 10.1 Å². The third kappa shape index (κ3) is 5.15. The molecule has 0 radical (unpaired) electrons. The van der Waals surface area contributed by atoms with Crippen molar-refractivity contribution >= 4 is 28.9 Å². The molecule has 1 fully saturated rings. The zero-order valence-electron chi connectivity index (χ0n) is 21.9. The van der Waals surface area contributed by atoms with E-state index in [0.29, 0.717) is 33.6 Å². The summed E-state index contributed by atoms with van der Waals surface area (Å²) in [6.07, 6.45) is 3.41. The fourth-order valence-electron chi connectivity index (χ4n) is 4.61. The number of nitrogens with two attached hydrogens (primary N) is 1. The molecule has 40 heavy (non-hydrogen) atoms. The number of aryl methyl sites for hydroxylation is 1. The molecule has 4 aromatic rings. The number of nitrogens with zero attached hydrogens (tertiary/aromatic N) is 2. The van der Waals surface area contributed by atoms with Gasteiger partial charge in [0.05, 0.1) is 48.4 Å². The lowest BCUT2D eigenvalue weighted by Crippen LogP contribution is -2.53. The minimum Gasteiger partial charge on any atom is -0.374 e. The molecule has 0 unspecified atom stereocenters. The van der Waals surface area contributed by atoms with Gasteiger partial charge >= 0.3 is 0 Å². The zero-order chi connectivity index (χ0) is 28.4. The van der Waals surface area contributed by atoms with E-state index in [2.05, 4.69) is 27.5 Å². The minimum atomic E-state index is -1.54. The third-order valence-corrected chi connectivity index (χ3v) is 6.57. The van der Waals surface area contributed by atoms with Crippen molar-refractivity contribution in [2.75, 3.05) is 25.1 Å². The average molecular weight is 540 g/mol. The molecule has 3 heterocycles. The van der Waals surface area contributed by atoms with Crippen molar-refractivity contribution in [3.05, 3.63) is 77.7 Å². The average Bonchev–Trinajstić information content (AvgIpc) is 3.26. The number of ether oxygens (including phenoxy) is 1. The van der Waals surface area contributed by atoms with Crippen molar-refractivity contribution in [2.24, 2.45) is 5.73 Å². The monoisotopic (exact) mass is 539 g/mol. The van der Waals surface area contributed by atoms with Gasteiger partial charge < -0.3 is 25.5 Å². The Bertz CT molecular complexity index is 1690. The fourth-order valence-corrected chi connectivity index (χ4v) is 4.61. The van der Waals surface area contributed by atoms with Crippen LogP contribution in [0.5, 0.6) is 0 Å². The lowest BCUT2D eigenvalue weighted by molar-refractivity contribution is -0.126. The molecule has 202 valence electrons. The van der Waals surface area contributed by atoms with Crippen molar-refractivity contribution in [3.63, 3.8) is 0 Å². The summed E-state index contributed by atoms with van der Waals surface area (Å²) >= 11 is 0. The van der Waals surface area contributed by atoms with Crippen LogP contribution >= 0.6 is 0 Å². The maximum Gasteiger partial charge on any atom is 0.300 e. The Labute approximate surface area is 229 Å². The fraction of sp³-hybridized carbons (Fsp3) is 0.200. The molecule has 1 aliphatic rings. The van der Waals surface area contributed by atoms with Crippen LogP contribution in [-0.4, -0.2) is 52.5 Å². The van der Waals surface area contributed by atoms with Crippen LogP contribution in [0, 0.1) is 18.8 Å². The van der Waals surface area contributed by atoms with Crippen molar-refractivity contribution < 1.29 is 23.5 Å². The van der Waals surface area contributed by atoms with Gasteiger partial charge in [-0.15, -0.1) is 0 Å². The summed E-state index contributed by atoms with van der Waals surface area (Å²) in [5.74, 6) is 3.52. The molecular weight excluding hydrogens is 513 g/mol. The van der Waals surface area contributed by atoms with E-state index >= 15 is 0 Å². The molecule has 0 bridgehead atoms. The number of carbonyl (C=O) groups is 3. The minimum absolute atomic E-state index is 0.0401. The van der Waals surface area contributed by atoms with E-state index in [0.717, 1.165) is 11.3 Å². The molecule has 0 spiro atoms. The van der Waals surface area contributed by atoms with E-state index < -0.39 is 23.4 Å². The number of alkyl halides is 1. The van der Waals surface area contributed by atoms with Crippen LogP contribution in [0.2, 0.25) is 0 Å². The molecule has 4 N–H and O–H groups in total. The lowest BCUT2D eigenvalue weighted by atomic mass is 9.96. The molecule has 0 atom stereocenters. The predicted octanol–water partition coefficient (Wildman–Crippen LogP) is 3.51. The summed E-state index contributed by atoms with van der Waals surface area (Å²) in [6.45, 7) is 3.20. The molecule has 1 saturated heterocycles. The molecule has 9 nitrogen and oxygen atoms in total. The van der Waals surface area contributed by atoms with E-state index in [4.69, 9.17) is 10.5 Å². The third-order valence-electron chi connectivity index (χ3n) is 6.57. The van der Waals surface area contributed by atoms with E-state index in [1.165, 1.54) is 0 Å². The van der Waals surface area contributed by atoms with Gasteiger partial charge in [-0.3, -0.25) is 19.4 Å². The highest BCUT2D eigenvalue weighted by atomic mass is 19.1. The van der Waals surface area contributed by atoms with Crippen LogP contribution < -0.4 is 16.4 Å². The van der Waals surface area contributed by atoms with Crippen molar-refractivity contribution in [1.82, 2.24) is 14.7 Å². The van der Waals surface area contributed by atoms with Crippen LogP contribution in [0.3, 0.4) is 0 Å². The molecule has 5 rings (SSSR count). The molecule has 10 heteroatoms. The van der Waals surface area contributed by atoms with Crippen LogP contribution in [0.15, 0.2) is 60.9 Å². The number of benzene rings is 2. The van der Waals surface area contributed by atoms with E-state index in [9.17, 15) is 18.8 Å². The maximum absolute atomic E-state index is 14.2. The standard InChI is InChI=1S/C30H26FN5O4/c1-3-4-24(37)35-22-11-9-20(10-12-22)27-25(26(28(32)38)23-13-33-18(2)14-36(23)27)19-5-7-21(8-6-19)29(39)34-15-30(31)16-40-17-30/h5-14H,15-17H2,1-2H3,(H2,32,38)(H,34,39)(H,35,37). The SMILES string of the molecule is CC#CC(=O)Nc1ccc(-c2c(-c3ccc(C(=O)NCC4(F)COC4)cc3)c(C(N)=O)c3cnc(C)cn23)cc1. The number of aromatic nitrogens is 2. The first-order valence-corrected chi connectivity index (χ1v) is 12.5. The lowest BCUT2D eigenvalue weighted by Gasteiger charge is -2.33. The highest BCUT2D eigenvalue weighted by Crippen LogP contribution is 2.39. The van der Waals surface area contributed by atoms with E-state index in [1.54, 1.807) is 49.5 Å². The first kappa shape index (κ1) is 26.6. The second kappa shape index (κ2) is 10.6. The Hall–Kier alpha value is -5.01. The molecule has 1 aliphatic heterocycles. The Morgan fingerprint density at radius 2 is 1.77 bits per heavy atom. The maximum atomic E-state index is 14.2. The van der Waals surface area contributed by atoms with Crippen LogP contribution in [0.25, 0.3) is 27.9 Å². The summed E-state index contributed by atoms with van der Waals surface area (Å²) in [5.41, 5.74) is 9.41. The quantitative estimate of drug-likeness (QED) is 0.310. The summed E-state index contributed by atoms with van der Waals surface area (Å²) in [7, 11) is 0. The molecule has 2 aromatic carbocycles. The summed E-state index contributed by atoms with van der Waals surface area (Å²) in [5, 5.41) is 5.31. The second-order valence-electron chi connectivity index (χ2n) is 9.56. The molecule has 0 saturated carbocycles. The summed E-state index contributed by atoms with van der Waals surface area (Å²) < 4.78 is 21.0. The number of primary amides is 1. The smallest absolute Gasteiger partial charge is 0.300 e. The largest absolute Gasteiger partial charge is 0.374 e. The Morgan fingerprint density at radius 3 is 2.38 bits per heavy atom. The highest BCUT2D eigenvalue weighted by molar-refractivity contribution is 6.11. The first-order chi connectivity index (χ1) is 19.2. The summed E-state index contributed by atoms with van der Waals surface area (Å²) in [4.78, 5) is 41.6. The number of halogens is 1. The topological polar surface area (TPSA) is 128 Å². The Balaban J connectivity index is 1.57. The Morgan fingerprint density at radius 1 is 1.10 bits per heavy atom. The number of anilines is 1. The van der Waals surface area contributed by atoms with Gasteiger partial charge in [-0.1, -0.05) is 30.2 Å². The highest BCUT2D eigenvalue weighted by Gasteiger charge is 2.39. The van der Waals surface area contributed by atoms with E-state index in [1.807, 2.05) is 29.7 Å². The number of nitrogens with one attached hydrogen (secondary N) is 2. The number of rotatable bonds is 7. The van der Waals surface area contributed by atoms with Gasteiger partial charge in [0.1, 0.15) is 0 Å². The number of amides is 3. The molecule has 2 aromatic heterocycles. The van der Waals surface area contributed by atoms with Crippen LogP contribution in [0.1, 0.15) is 33.3 Å². The molecular formula is C30H26FN5O4. The van der Waals surface area contributed by atoms with Crippen molar-refractivity contribution in [1.29, 1.82) is 0 Å². The van der Waals surface area contributed by atoms with Crippen molar-refractivity contribution in [3.8, 4) is 34.2 Å². The number of hydrogen-bond acceptors (Lipinski definition) is 5. The molecule has 3 amide bonds. The van der Waals surface area contributed by atoms with Gasteiger partial charge in [0.2, 0.25) is 0 Å². The second-order valence-corrected chi connectivity index (χ2v) is 9.56. The van der Waals surface area contributed by atoms with Gasteiger partial charge in [0, 0.05) is 23.0 Å². The van der Waals surface area contributed by atoms with Crippen molar-refractivity contribution in [2.45, 2.75) is 19.5 Å². The summed E-state index contributed by atoms with van der Waals surface area (Å²) in [6, 6.07) is 13.8. The number of hydrogen-bond donors (Lipinski definition) is 3. The number of carbonyl (C=O) groups excluding carboxylic acids is 3. The van der Waals surface area contributed by atoms with Gasteiger partial charge in [0.25, 0.3) is 17.7 Å². The normalized spacial score (nSPS) is 13.6. The van der Waals surface area contributed by atoms with Gasteiger partial charge in [-0.25, -0.2) is 4.39 Å². The predicted molar refractivity (Wildman–Crippen MR) is 148 cm³/mol. The van der Waals surface area contributed by atoms with Gasteiger partial charge in [0.15, 0.2) is 5.67 Å². The van der Waals surface area contributed by atoms with Gasteiger partial charge in [-0.2, -0.15) is 0 Å². The van der Waals surface area contributed by atoms with Gasteiger partial charge in [-0.05, 0) is 55.2 Å². The molecule has 0 aliphatic carbocycles. The van der Waals surface area contributed by atoms with Crippen LogP contribution in [-0.2, 0) is 9.53 Å².